The molecule has 6 heteroatoms. The number of carbonyl (C=O) groups is 2. The maximum absolute atomic E-state index is 13.0. The second-order valence-corrected chi connectivity index (χ2v) is 8.13. The van der Waals surface area contributed by atoms with Crippen molar-refractivity contribution >= 4 is 11.9 Å². The van der Waals surface area contributed by atoms with Crippen LogP contribution in [0.4, 0.5) is 9.18 Å². The van der Waals surface area contributed by atoms with Crippen LogP contribution >= 0.6 is 0 Å². The zero-order valence-corrected chi connectivity index (χ0v) is 15.7. The number of amides is 3. The number of halogens is 1. The largest absolute Gasteiger partial charge is 0.340 e. The molecule has 3 fully saturated rings. The monoisotopic (exact) mass is 373 g/mol. The highest BCUT2D eigenvalue weighted by molar-refractivity contribution is 5.77. The van der Waals surface area contributed by atoms with E-state index in [2.05, 4.69) is 5.32 Å². The molecule has 2 saturated heterocycles. The lowest BCUT2D eigenvalue weighted by Gasteiger charge is -2.41. The summed E-state index contributed by atoms with van der Waals surface area (Å²) >= 11 is 0. The zero-order valence-electron chi connectivity index (χ0n) is 15.7. The van der Waals surface area contributed by atoms with E-state index in [1.54, 1.807) is 0 Å². The maximum atomic E-state index is 13.0. The molecule has 146 valence electrons. The van der Waals surface area contributed by atoms with E-state index in [9.17, 15) is 14.0 Å². The first-order chi connectivity index (χ1) is 13.1. The fraction of sp³-hybridized carbons (Fsp3) is 0.619. The number of nitrogens with one attached hydrogen (secondary N) is 1. The standard InChI is InChI=1S/C21H28FN3O2/c22-17-6-4-15(5-7-17)16-13-18(14-16)23-21(27)24-11-8-19(9-12-24)25-10-2-1-3-20(25)26/h4-7,16,18-19H,1-3,8-14H2,(H,23,27). The summed E-state index contributed by atoms with van der Waals surface area (Å²) in [5, 5.41) is 3.13. The molecule has 2 aliphatic heterocycles. The molecule has 1 N–H and O–H groups in total. The Morgan fingerprint density at radius 1 is 1.04 bits per heavy atom. The third-order valence-electron chi connectivity index (χ3n) is 6.36. The smallest absolute Gasteiger partial charge is 0.317 e. The lowest BCUT2D eigenvalue weighted by Crippen LogP contribution is -2.54. The van der Waals surface area contributed by atoms with Gasteiger partial charge in [-0.05, 0) is 62.1 Å². The van der Waals surface area contributed by atoms with Gasteiger partial charge in [0.05, 0.1) is 0 Å². The number of nitrogens with zero attached hydrogens (tertiary/aromatic N) is 2. The Bertz CT molecular complexity index is 679. The van der Waals surface area contributed by atoms with Crippen LogP contribution in [0.1, 0.15) is 56.4 Å². The number of hydrogen-bond acceptors (Lipinski definition) is 2. The minimum Gasteiger partial charge on any atom is -0.340 e. The van der Waals surface area contributed by atoms with Gasteiger partial charge in [0.15, 0.2) is 0 Å². The van der Waals surface area contributed by atoms with Gasteiger partial charge in [-0.1, -0.05) is 12.1 Å². The summed E-state index contributed by atoms with van der Waals surface area (Å²) in [6, 6.07) is 7.19. The highest BCUT2D eigenvalue weighted by Gasteiger charge is 2.34. The van der Waals surface area contributed by atoms with Crippen LogP contribution in [0.2, 0.25) is 0 Å². The molecule has 27 heavy (non-hydrogen) atoms. The van der Waals surface area contributed by atoms with Crippen molar-refractivity contribution in [1.82, 2.24) is 15.1 Å². The Kier molecular flexibility index (Phi) is 5.32. The SMILES string of the molecule is O=C(NC1CC(c2ccc(F)cc2)C1)N1CCC(N2CCCCC2=O)CC1. The fourth-order valence-corrected chi connectivity index (χ4v) is 4.60. The molecular formula is C21H28FN3O2. The molecule has 0 radical (unpaired) electrons. The summed E-state index contributed by atoms with van der Waals surface area (Å²) in [4.78, 5) is 28.5. The van der Waals surface area contributed by atoms with E-state index < -0.39 is 0 Å². The first-order valence-electron chi connectivity index (χ1n) is 10.2. The average molecular weight is 373 g/mol. The molecule has 1 saturated carbocycles. The zero-order chi connectivity index (χ0) is 18.8. The number of rotatable bonds is 3. The normalized spacial score (nSPS) is 26.6. The minimum absolute atomic E-state index is 0.0148. The third kappa shape index (κ3) is 4.09. The van der Waals surface area contributed by atoms with Gasteiger partial charge in [0, 0.05) is 38.1 Å². The van der Waals surface area contributed by atoms with E-state index in [1.165, 1.54) is 12.1 Å². The summed E-state index contributed by atoms with van der Waals surface area (Å²) in [5.41, 5.74) is 1.15. The van der Waals surface area contributed by atoms with Gasteiger partial charge in [-0.2, -0.15) is 0 Å². The van der Waals surface area contributed by atoms with Crippen LogP contribution in [0.25, 0.3) is 0 Å². The summed E-state index contributed by atoms with van der Waals surface area (Å²) in [7, 11) is 0. The van der Waals surface area contributed by atoms with E-state index in [1.807, 2.05) is 21.9 Å². The lowest BCUT2D eigenvalue weighted by molar-refractivity contribution is -0.136. The van der Waals surface area contributed by atoms with Crippen molar-refractivity contribution in [2.24, 2.45) is 0 Å². The van der Waals surface area contributed by atoms with Crippen molar-refractivity contribution in [3.05, 3.63) is 35.6 Å². The topological polar surface area (TPSA) is 52.7 Å². The van der Waals surface area contributed by atoms with Crippen LogP contribution in [0.5, 0.6) is 0 Å². The highest BCUT2D eigenvalue weighted by atomic mass is 19.1. The van der Waals surface area contributed by atoms with E-state index in [4.69, 9.17) is 0 Å². The molecule has 5 nitrogen and oxygen atoms in total. The summed E-state index contributed by atoms with van der Waals surface area (Å²) in [6.45, 7) is 2.31. The summed E-state index contributed by atoms with van der Waals surface area (Å²) in [5.74, 6) is 0.481. The van der Waals surface area contributed by atoms with Gasteiger partial charge in [-0.25, -0.2) is 9.18 Å². The van der Waals surface area contributed by atoms with E-state index in [-0.39, 0.29) is 23.8 Å². The lowest BCUT2D eigenvalue weighted by atomic mass is 9.76. The summed E-state index contributed by atoms with van der Waals surface area (Å²) in [6.07, 6.45) is 6.37. The third-order valence-corrected chi connectivity index (χ3v) is 6.36. The van der Waals surface area contributed by atoms with Crippen LogP contribution in [-0.4, -0.2) is 53.5 Å². The van der Waals surface area contributed by atoms with Gasteiger partial charge in [-0.3, -0.25) is 4.79 Å². The van der Waals surface area contributed by atoms with Crippen LogP contribution in [0.3, 0.4) is 0 Å². The van der Waals surface area contributed by atoms with Gasteiger partial charge in [0.2, 0.25) is 5.91 Å². The average Bonchev–Trinajstić information content (AvgIpc) is 2.66. The van der Waals surface area contributed by atoms with E-state index in [0.29, 0.717) is 31.5 Å². The molecule has 0 spiro atoms. The van der Waals surface area contributed by atoms with Gasteiger partial charge in [0.25, 0.3) is 0 Å². The number of likely N-dealkylation sites (tertiary alicyclic amines) is 2. The Morgan fingerprint density at radius 3 is 2.41 bits per heavy atom. The summed E-state index contributed by atoms with van der Waals surface area (Å²) < 4.78 is 13.0. The molecule has 0 atom stereocenters. The van der Waals surface area contributed by atoms with Crippen molar-refractivity contribution in [1.29, 1.82) is 0 Å². The van der Waals surface area contributed by atoms with E-state index >= 15 is 0 Å². The Morgan fingerprint density at radius 2 is 1.74 bits per heavy atom. The molecule has 0 aromatic heterocycles. The van der Waals surface area contributed by atoms with Crippen molar-refractivity contribution in [3.8, 4) is 0 Å². The molecule has 0 unspecified atom stereocenters. The van der Waals surface area contributed by atoms with Gasteiger partial charge in [0.1, 0.15) is 5.82 Å². The van der Waals surface area contributed by atoms with Gasteiger partial charge >= 0.3 is 6.03 Å². The second kappa shape index (κ2) is 7.87. The fourth-order valence-electron chi connectivity index (χ4n) is 4.60. The molecule has 4 rings (SSSR count). The van der Waals surface area contributed by atoms with Crippen LogP contribution in [0, 0.1) is 5.82 Å². The number of urea groups is 1. The molecule has 3 amide bonds. The van der Waals surface area contributed by atoms with Crippen molar-refractivity contribution < 1.29 is 14.0 Å². The molecule has 1 aliphatic carbocycles. The quantitative estimate of drug-likeness (QED) is 0.884. The second-order valence-electron chi connectivity index (χ2n) is 8.13. The predicted octanol–water partition coefficient (Wildman–Crippen LogP) is 3.26. The molecule has 1 aromatic carbocycles. The van der Waals surface area contributed by atoms with Crippen molar-refractivity contribution in [3.63, 3.8) is 0 Å². The maximum Gasteiger partial charge on any atom is 0.317 e. The molecular weight excluding hydrogens is 345 g/mol. The first kappa shape index (κ1) is 18.3. The van der Waals surface area contributed by atoms with Crippen molar-refractivity contribution in [2.45, 2.75) is 62.9 Å². The first-order valence-corrected chi connectivity index (χ1v) is 10.2. The Balaban J connectivity index is 1.20. The Hall–Kier alpha value is -2.11. The number of carbonyl (C=O) groups excluding carboxylic acids is 2. The molecule has 2 heterocycles. The Labute approximate surface area is 159 Å². The molecule has 3 aliphatic rings. The molecule has 0 bridgehead atoms. The number of piperidine rings is 2. The molecule has 1 aromatic rings. The highest BCUT2D eigenvalue weighted by Crippen LogP contribution is 2.37. The van der Waals surface area contributed by atoms with Crippen LogP contribution in [0.15, 0.2) is 24.3 Å². The van der Waals surface area contributed by atoms with E-state index in [0.717, 1.165) is 50.6 Å². The number of hydrogen-bond donors (Lipinski definition) is 1. The van der Waals surface area contributed by atoms with Crippen LogP contribution < -0.4 is 5.32 Å². The van der Waals surface area contributed by atoms with Gasteiger partial charge in [-0.15, -0.1) is 0 Å². The van der Waals surface area contributed by atoms with Crippen molar-refractivity contribution in [2.75, 3.05) is 19.6 Å². The number of benzene rings is 1. The minimum atomic E-state index is -0.211. The van der Waals surface area contributed by atoms with Crippen LogP contribution in [-0.2, 0) is 4.79 Å². The predicted molar refractivity (Wildman–Crippen MR) is 101 cm³/mol. The van der Waals surface area contributed by atoms with Gasteiger partial charge < -0.3 is 15.1 Å².